The molecule has 2 aliphatic rings. The van der Waals surface area contributed by atoms with E-state index in [1.54, 1.807) is 0 Å². The smallest absolute Gasteiger partial charge is 0.101 e. The summed E-state index contributed by atoms with van der Waals surface area (Å²) >= 11 is 0. The number of rotatable bonds is 2. The summed E-state index contributed by atoms with van der Waals surface area (Å²) in [5.74, 6) is 0. The van der Waals surface area contributed by atoms with Crippen molar-refractivity contribution in [2.75, 3.05) is 36.0 Å². The first-order valence-corrected chi connectivity index (χ1v) is 7.92. The lowest BCUT2D eigenvalue weighted by molar-refractivity contribution is 0.726. The summed E-state index contributed by atoms with van der Waals surface area (Å²) in [6.45, 7) is 4.46. The van der Waals surface area contributed by atoms with E-state index in [2.05, 4.69) is 34.1 Å². The number of benzene rings is 1. The molecule has 0 aliphatic carbocycles. The molecule has 1 aromatic carbocycles. The fourth-order valence-corrected chi connectivity index (χ4v) is 3.37. The Morgan fingerprint density at radius 3 is 2.05 bits per heavy atom. The van der Waals surface area contributed by atoms with Crippen LogP contribution in [0.1, 0.15) is 44.1 Å². The Bertz CT molecular complexity index is 489. The number of hydrogen-bond donors (Lipinski definition) is 0. The molecule has 0 unspecified atom stereocenters. The lowest BCUT2D eigenvalue weighted by atomic mass is 10.1. The van der Waals surface area contributed by atoms with E-state index in [0.717, 1.165) is 37.4 Å². The minimum atomic E-state index is 0.844. The first kappa shape index (κ1) is 13.3. The molecule has 0 saturated carbocycles. The number of nitrogens with zero attached hydrogens (tertiary/aromatic N) is 3. The molecule has 3 rings (SSSR count). The van der Waals surface area contributed by atoms with Crippen LogP contribution < -0.4 is 9.80 Å². The molecule has 3 nitrogen and oxygen atoms in total. The fourth-order valence-electron chi connectivity index (χ4n) is 3.37. The second kappa shape index (κ2) is 6.17. The van der Waals surface area contributed by atoms with Crippen LogP contribution in [0.25, 0.3) is 0 Å². The number of hydrogen-bond acceptors (Lipinski definition) is 3. The Hall–Kier alpha value is -1.69. The van der Waals surface area contributed by atoms with Crippen LogP contribution in [-0.4, -0.2) is 26.2 Å². The van der Waals surface area contributed by atoms with Crippen molar-refractivity contribution in [3.63, 3.8) is 0 Å². The second-order valence-corrected chi connectivity index (χ2v) is 5.91. The van der Waals surface area contributed by atoms with E-state index in [-0.39, 0.29) is 0 Å². The zero-order valence-electron chi connectivity index (χ0n) is 12.1. The predicted octanol–water partition coefficient (Wildman–Crippen LogP) is 3.54. The van der Waals surface area contributed by atoms with Crippen molar-refractivity contribution < 1.29 is 0 Å². The maximum Gasteiger partial charge on any atom is 0.101 e. The first-order chi connectivity index (χ1) is 9.88. The molecule has 2 heterocycles. The van der Waals surface area contributed by atoms with E-state index < -0.39 is 0 Å². The van der Waals surface area contributed by atoms with E-state index in [4.69, 9.17) is 0 Å². The summed E-state index contributed by atoms with van der Waals surface area (Å²) in [6, 6.07) is 8.86. The lowest BCUT2D eigenvalue weighted by Crippen LogP contribution is -2.25. The van der Waals surface area contributed by atoms with Gasteiger partial charge in [0.2, 0.25) is 0 Å². The molecule has 0 atom stereocenters. The highest BCUT2D eigenvalue weighted by molar-refractivity contribution is 5.66. The molecule has 106 valence electrons. The van der Waals surface area contributed by atoms with E-state index in [1.807, 2.05) is 0 Å². The third kappa shape index (κ3) is 2.75. The van der Waals surface area contributed by atoms with Crippen molar-refractivity contribution in [3.05, 3.63) is 23.8 Å². The Kier molecular flexibility index (Phi) is 4.11. The molecule has 0 radical (unpaired) electrons. The molecule has 1 aromatic rings. The van der Waals surface area contributed by atoms with Crippen LogP contribution in [0.15, 0.2) is 18.2 Å². The van der Waals surface area contributed by atoms with Crippen molar-refractivity contribution in [2.24, 2.45) is 0 Å². The van der Waals surface area contributed by atoms with E-state index >= 15 is 0 Å². The normalized spacial score (nSPS) is 19.8. The zero-order chi connectivity index (χ0) is 13.8. The first-order valence-electron chi connectivity index (χ1n) is 7.92. The SMILES string of the molecule is N#Cc1cc(N2CCCC2)ccc1N1CCCCCC1. The second-order valence-electron chi connectivity index (χ2n) is 5.91. The van der Waals surface area contributed by atoms with E-state index in [1.165, 1.54) is 44.2 Å². The molecule has 2 fully saturated rings. The van der Waals surface area contributed by atoms with Crippen LogP contribution >= 0.6 is 0 Å². The molecule has 0 bridgehead atoms. The van der Waals surface area contributed by atoms with Crippen LogP contribution in [0.2, 0.25) is 0 Å². The molecule has 0 N–H and O–H groups in total. The summed E-state index contributed by atoms with van der Waals surface area (Å²) in [5, 5.41) is 9.49. The van der Waals surface area contributed by atoms with Crippen LogP contribution in [0.3, 0.4) is 0 Å². The minimum Gasteiger partial charge on any atom is -0.371 e. The molecular weight excluding hydrogens is 246 g/mol. The van der Waals surface area contributed by atoms with Gasteiger partial charge in [0, 0.05) is 31.9 Å². The van der Waals surface area contributed by atoms with Gasteiger partial charge >= 0.3 is 0 Å². The van der Waals surface area contributed by atoms with Gasteiger partial charge in [-0.15, -0.1) is 0 Å². The largest absolute Gasteiger partial charge is 0.371 e. The van der Waals surface area contributed by atoms with Crippen molar-refractivity contribution in [1.29, 1.82) is 5.26 Å². The average molecular weight is 269 g/mol. The standard InChI is InChI=1S/C17H23N3/c18-14-15-13-16(19-9-5-6-10-19)7-8-17(15)20-11-3-1-2-4-12-20/h7-8,13H,1-6,9-12H2. The van der Waals surface area contributed by atoms with Crippen molar-refractivity contribution in [2.45, 2.75) is 38.5 Å². The van der Waals surface area contributed by atoms with Gasteiger partial charge in [-0.3, -0.25) is 0 Å². The quantitative estimate of drug-likeness (QED) is 0.822. The van der Waals surface area contributed by atoms with Crippen LogP contribution in [-0.2, 0) is 0 Å². The molecule has 3 heteroatoms. The Labute approximate surface area is 121 Å². The molecule has 20 heavy (non-hydrogen) atoms. The lowest BCUT2D eigenvalue weighted by Gasteiger charge is -2.25. The highest BCUT2D eigenvalue weighted by Gasteiger charge is 2.17. The molecule has 0 amide bonds. The van der Waals surface area contributed by atoms with Crippen LogP contribution in [0.5, 0.6) is 0 Å². The summed E-state index contributed by atoms with van der Waals surface area (Å²) in [6.07, 6.45) is 7.69. The van der Waals surface area contributed by atoms with Crippen LogP contribution in [0, 0.1) is 11.3 Å². The van der Waals surface area contributed by atoms with Gasteiger partial charge in [0.1, 0.15) is 6.07 Å². The third-order valence-corrected chi connectivity index (χ3v) is 4.52. The van der Waals surface area contributed by atoms with Crippen molar-refractivity contribution in [1.82, 2.24) is 0 Å². The summed E-state index contributed by atoms with van der Waals surface area (Å²) in [4.78, 5) is 4.80. The van der Waals surface area contributed by atoms with Gasteiger partial charge in [-0.05, 0) is 43.9 Å². The molecule has 0 spiro atoms. The molecule has 2 aliphatic heterocycles. The van der Waals surface area contributed by atoms with E-state index in [0.29, 0.717) is 0 Å². The highest BCUT2D eigenvalue weighted by Crippen LogP contribution is 2.29. The van der Waals surface area contributed by atoms with Gasteiger partial charge in [0.25, 0.3) is 0 Å². The number of nitriles is 1. The average Bonchev–Trinajstić information content (AvgIpc) is 2.89. The molecule has 0 aromatic heterocycles. The van der Waals surface area contributed by atoms with Crippen molar-refractivity contribution in [3.8, 4) is 6.07 Å². The van der Waals surface area contributed by atoms with Crippen molar-refractivity contribution >= 4 is 11.4 Å². The maximum atomic E-state index is 9.49. The maximum absolute atomic E-state index is 9.49. The molecule has 2 saturated heterocycles. The number of anilines is 2. The topological polar surface area (TPSA) is 30.3 Å². The predicted molar refractivity (Wildman–Crippen MR) is 83.3 cm³/mol. The van der Waals surface area contributed by atoms with Crippen LogP contribution in [0.4, 0.5) is 11.4 Å². The molecular formula is C17H23N3. The van der Waals surface area contributed by atoms with E-state index in [9.17, 15) is 5.26 Å². The van der Waals surface area contributed by atoms with Gasteiger partial charge in [-0.1, -0.05) is 12.8 Å². The minimum absolute atomic E-state index is 0.844. The van der Waals surface area contributed by atoms with Gasteiger partial charge in [-0.25, -0.2) is 0 Å². The van der Waals surface area contributed by atoms with Gasteiger partial charge in [0.15, 0.2) is 0 Å². The summed E-state index contributed by atoms with van der Waals surface area (Å²) in [7, 11) is 0. The van der Waals surface area contributed by atoms with Gasteiger partial charge < -0.3 is 9.80 Å². The van der Waals surface area contributed by atoms with Gasteiger partial charge in [-0.2, -0.15) is 5.26 Å². The third-order valence-electron chi connectivity index (χ3n) is 4.52. The van der Waals surface area contributed by atoms with Gasteiger partial charge in [0.05, 0.1) is 11.3 Å². The Balaban J connectivity index is 1.85. The monoisotopic (exact) mass is 269 g/mol. The fraction of sp³-hybridized carbons (Fsp3) is 0.588. The summed E-state index contributed by atoms with van der Waals surface area (Å²) < 4.78 is 0. The highest BCUT2D eigenvalue weighted by atomic mass is 15.2. The Morgan fingerprint density at radius 2 is 1.40 bits per heavy atom. The summed E-state index contributed by atoms with van der Waals surface area (Å²) in [5.41, 5.74) is 3.20. The zero-order valence-corrected chi connectivity index (χ0v) is 12.1. The Morgan fingerprint density at radius 1 is 0.800 bits per heavy atom.